The van der Waals surface area contributed by atoms with Crippen LogP contribution in [-0.4, -0.2) is 47.0 Å². The lowest BCUT2D eigenvalue weighted by Crippen LogP contribution is -2.47. The molecule has 1 aliphatic rings. The normalized spacial score (nSPS) is 19.7. The van der Waals surface area contributed by atoms with Crippen molar-refractivity contribution in [2.24, 2.45) is 5.73 Å². The summed E-state index contributed by atoms with van der Waals surface area (Å²) in [5.74, 6) is 1.35. The number of thioether (sulfide) groups is 1. The summed E-state index contributed by atoms with van der Waals surface area (Å²) in [5.41, 5.74) is 5.63. The van der Waals surface area contributed by atoms with Crippen molar-refractivity contribution >= 4 is 36.0 Å². The first-order chi connectivity index (χ1) is 8.56. The lowest BCUT2D eigenvalue weighted by atomic mass is 10.2. The van der Waals surface area contributed by atoms with Crippen molar-refractivity contribution < 1.29 is 9.59 Å². The molecule has 0 aromatic rings. The summed E-state index contributed by atoms with van der Waals surface area (Å²) < 4.78 is 0. The number of nitrogens with zero attached hydrogens (tertiary/aromatic N) is 1. The van der Waals surface area contributed by atoms with E-state index in [9.17, 15) is 9.59 Å². The number of nitrogens with two attached hydrogens (primary N) is 1. The maximum atomic E-state index is 12.0. The molecule has 19 heavy (non-hydrogen) atoms. The van der Waals surface area contributed by atoms with Crippen molar-refractivity contribution in [2.75, 3.05) is 18.2 Å². The molecular formula is C12H24ClN3O2S. The van der Waals surface area contributed by atoms with Crippen LogP contribution in [0.3, 0.4) is 0 Å². The quantitative estimate of drug-likeness (QED) is 0.766. The predicted octanol–water partition coefficient (Wildman–Crippen LogP) is 0.963. The third-order valence-corrected chi connectivity index (χ3v) is 3.88. The second-order valence-corrected chi connectivity index (χ2v) is 5.69. The number of halogens is 1. The van der Waals surface area contributed by atoms with E-state index in [4.69, 9.17) is 5.73 Å². The second kappa shape index (κ2) is 9.44. The summed E-state index contributed by atoms with van der Waals surface area (Å²) in [6, 6.07) is -0.219. The Bertz CT molecular complexity index is 303. The zero-order valence-electron chi connectivity index (χ0n) is 11.6. The Balaban J connectivity index is 0.00000324. The van der Waals surface area contributed by atoms with Crippen LogP contribution in [0.1, 0.15) is 33.1 Å². The van der Waals surface area contributed by atoms with Gasteiger partial charge in [0.2, 0.25) is 11.8 Å². The lowest BCUT2D eigenvalue weighted by molar-refractivity contribution is -0.138. The average molecular weight is 310 g/mol. The zero-order valence-corrected chi connectivity index (χ0v) is 13.2. The molecule has 1 fully saturated rings. The van der Waals surface area contributed by atoms with Gasteiger partial charge in [-0.2, -0.15) is 0 Å². The van der Waals surface area contributed by atoms with E-state index in [1.165, 1.54) is 0 Å². The van der Waals surface area contributed by atoms with Crippen LogP contribution in [0.25, 0.3) is 0 Å². The molecule has 0 radical (unpaired) electrons. The van der Waals surface area contributed by atoms with Crippen molar-refractivity contribution in [1.29, 1.82) is 0 Å². The van der Waals surface area contributed by atoms with Crippen molar-refractivity contribution in [3.8, 4) is 0 Å². The summed E-state index contributed by atoms with van der Waals surface area (Å²) in [5, 5.41) is 2.86. The first-order valence-electron chi connectivity index (χ1n) is 6.46. The van der Waals surface area contributed by atoms with Gasteiger partial charge >= 0.3 is 0 Å². The fourth-order valence-electron chi connectivity index (χ4n) is 1.80. The molecule has 112 valence electrons. The Morgan fingerprint density at radius 3 is 2.79 bits per heavy atom. The topological polar surface area (TPSA) is 75.4 Å². The van der Waals surface area contributed by atoms with E-state index >= 15 is 0 Å². The van der Waals surface area contributed by atoms with Gasteiger partial charge in [0.25, 0.3) is 0 Å². The fraction of sp³-hybridized carbons (Fsp3) is 0.833. The molecule has 1 aliphatic heterocycles. The Labute approximate surface area is 125 Å². The minimum Gasteiger partial charge on any atom is -0.354 e. The van der Waals surface area contributed by atoms with Crippen LogP contribution in [0.4, 0.5) is 0 Å². The maximum Gasteiger partial charge on any atom is 0.243 e. The monoisotopic (exact) mass is 309 g/mol. The van der Waals surface area contributed by atoms with Crippen LogP contribution in [0.2, 0.25) is 0 Å². The molecule has 0 aromatic heterocycles. The molecular weight excluding hydrogens is 286 g/mol. The van der Waals surface area contributed by atoms with Crippen LogP contribution >= 0.6 is 24.2 Å². The standard InChI is InChI=1S/C12H23N3O2S.ClH/c1-3-4-11(16)15-8-18-7-10(15)12(17)14-6-5-9(2)13;/h9-10H,3-8,13H2,1-2H3,(H,14,17);1H. The van der Waals surface area contributed by atoms with Gasteiger partial charge in [0.15, 0.2) is 0 Å². The highest BCUT2D eigenvalue weighted by Gasteiger charge is 2.33. The Morgan fingerprint density at radius 1 is 1.53 bits per heavy atom. The number of hydrogen-bond acceptors (Lipinski definition) is 4. The number of amides is 2. The van der Waals surface area contributed by atoms with Gasteiger partial charge in [-0.25, -0.2) is 0 Å². The van der Waals surface area contributed by atoms with E-state index in [0.29, 0.717) is 24.6 Å². The van der Waals surface area contributed by atoms with Gasteiger partial charge in [0.05, 0.1) is 5.88 Å². The maximum absolute atomic E-state index is 12.0. The van der Waals surface area contributed by atoms with Crippen molar-refractivity contribution in [3.05, 3.63) is 0 Å². The van der Waals surface area contributed by atoms with E-state index in [2.05, 4.69) is 5.32 Å². The number of carbonyl (C=O) groups excluding carboxylic acids is 2. The van der Waals surface area contributed by atoms with Crippen molar-refractivity contribution in [1.82, 2.24) is 10.2 Å². The molecule has 3 N–H and O–H groups in total. The number of rotatable bonds is 6. The minimum atomic E-state index is -0.304. The molecule has 7 heteroatoms. The molecule has 1 rings (SSSR count). The van der Waals surface area contributed by atoms with Gasteiger partial charge in [-0.15, -0.1) is 24.2 Å². The molecule has 1 saturated heterocycles. The average Bonchev–Trinajstić information content (AvgIpc) is 2.77. The molecule has 0 aromatic carbocycles. The minimum absolute atomic E-state index is 0. The highest BCUT2D eigenvalue weighted by Crippen LogP contribution is 2.22. The lowest BCUT2D eigenvalue weighted by Gasteiger charge is -2.23. The van der Waals surface area contributed by atoms with Gasteiger partial charge in [-0.1, -0.05) is 6.92 Å². The Kier molecular flexibility index (Phi) is 9.22. The van der Waals surface area contributed by atoms with Crippen LogP contribution < -0.4 is 11.1 Å². The molecule has 0 bridgehead atoms. The highest BCUT2D eigenvalue weighted by molar-refractivity contribution is 7.99. The third kappa shape index (κ3) is 6.01. The summed E-state index contributed by atoms with van der Waals surface area (Å²) in [6.07, 6.45) is 2.09. The van der Waals surface area contributed by atoms with Crippen LogP contribution in [0.5, 0.6) is 0 Å². The predicted molar refractivity (Wildman–Crippen MR) is 81.4 cm³/mol. The Hall–Kier alpha value is -0.460. The second-order valence-electron chi connectivity index (χ2n) is 4.69. The molecule has 5 nitrogen and oxygen atoms in total. The molecule has 0 saturated carbocycles. The van der Waals surface area contributed by atoms with Gasteiger partial charge in [0, 0.05) is 24.8 Å². The van der Waals surface area contributed by atoms with Crippen LogP contribution in [-0.2, 0) is 9.59 Å². The number of nitrogens with one attached hydrogen (secondary N) is 1. The molecule has 2 unspecified atom stereocenters. The SMILES string of the molecule is CCCC(=O)N1CSCC1C(=O)NCCC(C)N.Cl. The molecule has 0 spiro atoms. The summed E-state index contributed by atoms with van der Waals surface area (Å²) >= 11 is 1.63. The Morgan fingerprint density at radius 2 is 2.21 bits per heavy atom. The van der Waals surface area contributed by atoms with E-state index in [1.807, 2.05) is 13.8 Å². The number of hydrogen-bond donors (Lipinski definition) is 2. The first-order valence-corrected chi connectivity index (χ1v) is 7.62. The zero-order chi connectivity index (χ0) is 13.5. The van der Waals surface area contributed by atoms with E-state index < -0.39 is 0 Å². The van der Waals surface area contributed by atoms with Crippen molar-refractivity contribution in [3.63, 3.8) is 0 Å². The third-order valence-electron chi connectivity index (χ3n) is 2.87. The van der Waals surface area contributed by atoms with E-state index in [0.717, 1.165) is 12.8 Å². The van der Waals surface area contributed by atoms with Crippen LogP contribution in [0, 0.1) is 0 Å². The largest absolute Gasteiger partial charge is 0.354 e. The van der Waals surface area contributed by atoms with E-state index in [-0.39, 0.29) is 36.3 Å². The van der Waals surface area contributed by atoms with Gasteiger partial charge in [-0.3, -0.25) is 9.59 Å². The number of carbonyl (C=O) groups is 2. The van der Waals surface area contributed by atoms with Gasteiger partial charge in [-0.05, 0) is 19.8 Å². The molecule has 0 aliphatic carbocycles. The summed E-state index contributed by atoms with van der Waals surface area (Å²) in [7, 11) is 0. The molecule has 1 heterocycles. The van der Waals surface area contributed by atoms with E-state index in [1.54, 1.807) is 16.7 Å². The first kappa shape index (κ1) is 18.5. The summed E-state index contributed by atoms with van der Waals surface area (Å²) in [4.78, 5) is 25.5. The summed E-state index contributed by atoms with van der Waals surface area (Å²) in [6.45, 7) is 4.46. The molecule has 2 atom stereocenters. The van der Waals surface area contributed by atoms with Gasteiger partial charge < -0.3 is 16.0 Å². The fourth-order valence-corrected chi connectivity index (χ4v) is 2.98. The molecule has 2 amide bonds. The van der Waals surface area contributed by atoms with Gasteiger partial charge in [0.1, 0.15) is 6.04 Å². The van der Waals surface area contributed by atoms with Crippen molar-refractivity contribution in [2.45, 2.75) is 45.2 Å². The van der Waals surface area contributed by atoms with Crippen LogP contribution in [0.15, 0.2) is 0 Å². The highest BCUT2D eigenvalue weighted by atomic mass is 35.5. The smallest absolute Gasteiger partial charge is 0.243 e.